The standard InChI is InChI=1S/C20H29IN2O/c1-3-22-18-9-4-5-10-19(18)23-14-17-13-16(8-6-7-11-21)12-15(2)20(17)24/h3,12-14,18-19,24H,4-11H2,1-2H3. The molecule has 4 heteroatoms. The van der Waals surface area contributed by atoms with Crippen molar-refractivity contribution in [2.24, 2.45) is 9.98 Å². The van der Waals surface area contributed by atoms with Gasteiger partial charge in [-0.2, -0.15) is 0 Å². The van der Waals surface area contributed by atoms with E-state index in [4.69, 9.17) is 4.99 Å². The first-order chi connectivity index (χ1) is 11.7. The lowest BCUT2D eigenvalue weighted by atomic mass is 9.91. The number of rotatable bonds is 7. The van der Waals surface area contributed by atoms with Gasteiger partial charge in [-0.25, -0.2) is 0 Å². The number of benzene rings is 1. The second-order valence-electron chi connectivity index (χ2n) is 6.60. The van der Waals surface area contributed by atoms with Crippen molar-refractivity contribution in [1.82, 2.24) is 0 Å². The van der Waals surface area contributed by atoms with Crippen LogP contribution in [0.3, 0.4) is 0 Å². The number of alkyl halides is 1. The van der Waals surface area contributed by atoms with Crippen molar-refractivity contribution in [2.45, 2.75) is 70.9 Å². The van der Waals surface area contributed by atoms with Gasteiger partial charge < -0.3 is 5.11 Å². The summed E-state index contributed by atoms with van der Waals surface area (Å²) in [4.78, 5) is 9.38. The fourth-order valence-electron chi connectivity index (χ4n) is 3.36. The number of nitrogens with zero attached hydrogens (tertiary/aromatic N) is 2. The summed E-state index contributed by atoms with van der Waals surface area (Å²) in [6, 6.07) is 4.75. The molecule has 2 unspecified atom stereocenters. The maximum atomic E-state index is 10.4. The Labute approximate surface area is 159 Å². The molecule has 1 aliphatic rings. The molecule has 1 aromatic rings. The van der Waals surface area contributed by atoms with Gasteiger partial charge in [0.2, 0.25) is 0 Å². The van der Waals surface area contributed by atoms with Crippen LogP contribution in [0.5, 0.6) is 5.75 Å². The van der Waals surface area contributed by atoms with Crippen molar-refractivity contribution in [3.05, 3.63) is 28.8 Å². The molecule has 0 saturated heterocycles. The minimum atomic E-state index is 0.248. The summed E-state index contributed by atoms with van der Waals surface area (Å²) in [5, 5.41) is 10.4. The van der Waals surface area contributed by atoms with E-state index in [2.05, 4.69) is 39.7 Å². The van der Waals surface area contributed by atoms with Crippen LogP contribution in [-0.4, -0.2) is 34.0 Å². The molecule has 1 aromatic carbocycles. The van der Waals surface area contributed by atoms with E-state index >= 15 is 0 Å². The third-order valence-corrected chi connectivity index (χ3v) is 5.44. The van der Waals surface area contributed by atoms with Gasteiger partial charge in [0.1, 0.15) is 5.75 Å². The van der Waals surface area contributed by atoms with Gasteiger partial charge in [-0.3, -0.25) is 9.98 Å². The van der Waals surface area contributed by atoms with Gasteiger partial charge in [0, 0.05) is 11.8 Å². The van der Waals surface area contributed by atoms with Crippen molar-refractivity contribution >= 4 is 35.0 Å². The van der Waals surface area contributed by atoms with Gasteiger partial charge >= 0.3 is 0 Å². The van der Waals surface area contributed by atoms with Crippen molar-refractivity contribution < 1.29 is 5.11 Å². The van der Waals surface area contributed by atoms with Gasteiger partial charge in [0.15, 0.2) is 0 Å². The molecule has 3 nitrogen and oxygen atoms in total. The Bertz CT molecular complexity index is 583. The molecule has 2 atom stereocenters. The SMILES string of the molecule is CC=NC1CCCCC1N=Cc1cc(CCCCI)cc(C)c1O. The monoisotopic (exact) mass is 440 g/mol. The van der Waals surface area contributed by atoms with E-state index in [1.807, 2.05) is 26.3 Å². The molecule has 1 N–H and O–H groups in total. The highest BCUT2D eigenvalue weighted by molar-refractivity contribution is 14.1. The molecular weight excluding hydrogens is 411 g/mol. The Morgan fingerprint density at radius 1 is 1.17 bits per heavy atom. The molecule has 0 aromatic heterocycles. The zero-order chi connectivity index (χ0) is 17.4. The molecule has 1 aliphatic carbocycles. The minimum absolute atomic E-state index is 0.248. The van der Waals surface area contributed by atoms with Crippen molar-refractivity contribution in [3.63, 3.8) is 0 Å². The zero-order valence-corrected chi connectivity index (χ0v) is 17.0. The van der Waals surface area contributed by atoms with Crippen LogP contribution in [0.25, 0.3) is 0 Å². The maximum Gasteiger partial charge on any atom is 0.127 e. The number of aryl methyl sites for hydroxylation is 2. The van der Waals surface area contributed by atoms with E-state index in [1.54, 1.807) is 0 Å². The number of unbranched alkanes of at least 4 members (excludes halogenated alkanes) is 1. The number of aliphatic imine (C=N–C) groups is 2. The summed E-state index contributed by atoms with van der Waals surface area (Å²) < 4.78 is 1.20. The second kappa shape index (κ2) is 10.2. The van der Waals surface area contributed by atoms with E-state index in [0.29, 0.717) is 11.8 Å². The van der Waals surface area contributed by atoms with E-state index in [9.17, 15) is 5.11 Å². The van der Waals surface area contributed by atoms with Crippen LogP contribution in [0.1, 0.15) is 62.1 Å². The molecule has 132 valence electrons. The highest BCUT2D eigenvalue weighted by Crippen LogP contribution is 2.26. The minimum Gasteiger partial charge on any atom is -0.507 e. The van der Waals surface area contributed by atoms with Crippen LogP contribution in [0.2, 0.25) is 0 Å². The first-order valence-corrected chi connectivity index (χ1v) is 10.6. The highest BCUT2D eigenvalue weighted by Gasteiger charge is 2.23. The molecule has 0 radical (unpaired) electrons. The highest BCUT2D eigenvalue weighted by atomic mass is 127. The van der Waals surface area contributed by atoms with Gasteiger partial charge in [-0.1, -0.05) is 41.5 Å². The Kier molecular flexibility index (Phi) is 8.22. The van der Waals surface area contributed by atoms with Crippen LogP contribution >= 0.6 is 22.6 Å². The number of hydrogen-bond donors (Lipinski definition) is 1. The Hall–Kier alpha value is -0.910. The first-order valence-electron chi connectivity index (χ1n) is 9.05. The Morgan fingerprint density at radius 2 is 1.88 bits per heavy atom. The van der Waals surface area contributed by atoms with Crippen LogP contribution in [0.15, 0.2) is 22.1 Å². The normalized spacial score (nSPS) is 21.8. The molecule has 0 heterocycles. The lowest BCUT2D eigenvalue weighted by Crippen LogP contribution is -2.27. The summed E-state index contributed by atoms with van der Waals surface area (Å²) in [6.07, 6.45) is 11.9. The third kappa shape index (κ3) is 5.57. The largest absolute Gasteiger partial charge is 0.507 e. The lowest BCUT2D eigenvalue weighted by molar-refractivity contribution is 0.390. The molecule has 2 rings (SSSR count). The van der Waals surface area contributed by atoms with Crippen LogP contribution < -0.4 is 0 Å². The van der Waals surface area contributed by atoms with E-state index in [1.165, 1.54) is 35.7 Å². The fourth-order valence-corrected chi connectivity index (χ4v) is 3.90. The van der Waals surface area contributed by atoms with Crippen LogP contribution in [-0.2, 0) is 6.42 Å². The molecule has 0 aliphatic heterocycles. The fraction of sp³-hybridized carbons (Fsp3) is 0.600. The van der Waals surface area contributed by atoms with Gasteiger partial charge in [-0.05, 0) is 73.8 Å². The van der Waals surface area contributed by atoms with Crippen molar-refractivity contribution in [2.75, 3.05) is 4.43 Å². The van der Waals surface area contributed by atoms with Crippen molar-refractivity contribution in [1.29, 1.82) is 0 Å². The van der Waals surface area contributed by atoms with Gasteiger partial charge in [-0.15, -0.1) is 0 Å². The number of phenolic OH excluding ortho intramolecular Hbond substituents is 1. The van der Waals surface area contributed by atoms with E-state index < -0.39 is 0 Å². The average molecular weight is 440 g/mol. The average Bonchev–Trinajstić information content (AvgIpc) is 2.58. The smallest absolute Gasteiger partial charge is 0.127 e. The van der Waals surface area contributed by atoms with Crippen LogP contribution in [0, 0.1) is 6.92 Å². The molecule has 0 spiro atoms. The predicted octanol–water partition coefficient (Wildman–Crippen LogP) is 5.28. The summed E-state index contributed by atoms with van der Waals surface area (Å²) in [6.45, 7) is 3.95. The summed E-state index contributed by atoms with van der Waals surface area (Å²) in [5.74, 6) is 0.364. The number of aromatic hydroxyl groups is 1. The lowest BCUT2D eigenvalue weighted by Gasteiger charge is -2.25. The predicted molar refractivity (Wildman–Crippen MR) is 112 cm³/mol. The van der Waals surface area contributed by atoms with E-state index in [0.717, 1.165) is 30.4 Å². The number of halogens is 1. The number of hydrogen-bond acceptors (Lipinski definition) is 3. The quantitative estimate of drug-likeness (QED) is 0.267. The molecular formula is C20H29IN2O. The molecule has 0 amide bonds. The Morgan fingerprint density at radius 3 is 2.54 bits per heavy atom. The topological polar surface area (TPSA) is 45.0 Å². The number of phenols is 1. The molecule has 1 saturated carbocycles. The molecule has 0 bridgehead atoms. The molecule has 1 fully saturated rings. The second-order valence-corrected chi connectivity index (χ2v) is 7.68. The summed E-state index contributed by atoms with van der Waals surface area (Å²) in [7, 11) is 0. The summed E-state index contributed by atoms with van der Waals surface area (Å²) >= 11 is 2.42. The van der Waals surface area contributed by atoms with Gasteiger partial charge in [0.25, 0.3) is 0 Å². The first kappa shape index (κ1) is 19.4. The van der Waals surface area contributed by atoms with Crippen molar-refractivity contribution in [3.8, 4) is 5.75 Å². The maximum absolute atomic E-state index is 10.4. The third-order valence-electron chi connectivity index (χ3n) is 4.68. The Balaban J connectivity index is 2.14. The molecule has 24 heavy (non-hydrogen) atoms. The van der Waals surface area contributed by atoms with Crippen LogP contribution in [0.4, 0.5) is 0 Å². The van der Waals surface area contributed by atoms with Gasteiger partial charge in [0.05, 0.1) is 12.1 Å². The summed E-state index contributed by atoms with van der Waals surface area (Å²) in [5.41, 5.74) is 3.09. The zero-order valence-electron chi connectivity index (χ0n) is 14.8. The van der Waals surface area contributed by atoms with E-state index in [-0.39, 0.29) is 6.04 Å².